The minimum absolute atomic E-state index is 0.0855. The van der Waals surface area contributed by atoms with Crippen LogP contribution in [0.25, 0.3) is 0 Å². The first-order valence-corrected chi connectivity index (χ1v) is 9.79. The molecule has 29 heavy (non-hydrogen) atoms. The largest absolute Gasteiger partial charge is 0.550 e. The third-order valence-corrected chi connectivity index (χ3v) is 5.15. The molecule has 0 aliphatic heterocycles. The molecule has 3 rings (SSSR count). The van der Waals surface area contributed by atoms with Gasteiger partial charge in [0.1, 0.15) is 11.5 Å². The molecule has 2 aromatic rings. The summed E-state index contributed by atoms with van der Waals surface area (Å²) in [6.45, 7) is 6.48. The van der Waals surface area contributed by atoms with Gasteiger partial charge in [-0.25, -0.2) is 0 Å². The van der Waals surface area contributed by atoms with Crippen molar-refractivity contribution in [2.45, 2.75) is 39.0 Å². The van der Waals surface area contributed by atoms with E-state index in [0.717, 1.165) is 5.75 Å². The third kappa shape index (κ3) is 5.25. The van der Waals surface area contributed by atoms with Crippen LogP contribution in [0.5, 0.6) is 11.5 Å². The molecule has 152 valence electrons. The third-order valence-electron chi connectivity index (χ3n) is 5.15. The molecule has 0 saturated heterocycles. The summed E-state index contributed by atoms with van der Waals surface area (Å²) in [4.78, 5) is 23.8. The van der Waals surface area contributed by atoms with Crippen LogP contribution in [0.3, 0.4) is 0 Å². The summed E-state index contributed by atoms with van der Waals surface area (Å²) >= 11 is 0. The lowest BCUT2D eigenvalue weighted by molar-refractivity contribution is -0.313. The van der Waals surface area contributed by atoms with Crippen molar-refractivity contribution in [1.82, 2.24) is 0 Å². The van der Waals surface area contributed by atoms with Gasteiger partial charge in [-0.05, 0) is 60.2 Å². The van der Waals surface area contributed by atoms with Crippen LogP contribution in [0.15, 0.2) is 60.7 Å². The van der Waals surface area contributed by atoms with Crippen LogP contribution < -0.4 is 15.2 Å². The number of amides is 1. The highest BCUT2D eigenvalue weighted by Gasteiger charge is 2.29. The maximum atomic E-state index is 12.5. The Bertz CT molecular complexity index is 892. The van der Waals surface area contributed by atoms with Crippen molar-refractivity contribution < 1.29 is 19.4 Å². The summed E-state index contributed by atoms with van der Waals surface area (Å²) < 4.78 is 5.86. The highest BCUT2D eigenvalue weighted by atomic mass is 16.5. The van der Waals surface area contributed by atoms with Crippen molar-refractivity contribution in [1.29, 1.82) is 0 Å². The number of ether oxygens (including phenoxy) is 1. The summed E-state index contributed by atoms with van der Waals surface area (Å²) in [5.41, 5.74) is 1.91. The Morgan fingerprint density at radius 1 is 0.897 bits per heavy atom. The predicted molar refractivity (Wildman–Crippen MR) is 111 cm³/mol. The number of carboxylic acids is 1. The molecule has 0 heterocycles. The average Bonchev–Trinajstić information content (AvgIpc) is 2.69. The van der Waals surface area contributed by atoms with Gasteiger partial charge in [0.2, 0.25) is 5.91 Å². The van der Waals surface area contributed by atoms with Crippen LogP contribution in [-0.4, -0.2) is 11.9 Å². The van der Waals surface area contributed by atoms with Gasteiger partial charge in [0.25, 0.3) is 0 Å². The number of allylic oxidation sites excluding steroid dienone is 2. The molecule has 1 aliphatic carbocycles. The lowest BCUT2D eigenvalue weighted by Gasteiger charge is -2.28. The first-order chi connectivity index (χ1) is 13.7. The zero-order valence-corrected chi connectivity index (χ0v) is 17.0. The van der Waals surface area contributed by atoms with Crippen LogP contribution in [0.4, 0.5) is 5.69 Å². The maximum absolute atomic E-state index is 12.5. The Kier molecular flexibility index (Phi) is 6.06. The Morgan fingerprint density at radius 3 is 1.93 bits per heavy atom. The Hall–Kier alpha value is -3.08. The van der Waals surface area contributed by atoms with Crippen molar-refractivity contribution >= 4 is 17.6 Å². The van der Waals surface area contributed by atoms with Crippen LogP contribution in [-0.2, 0) is 15.0 Å². The quantitative estimate of drug-likeness (QED) is 0.779. The molecule has 1 N–H and O–H groups in total. The normalized spacial score (nSPS) is 18.9. The van der Waals surface area contributed by atoms with E-state index in [2.05, 4.69) is 38.2 Å². The molecule has 2 atom stereocenters. The van der Waals surface area contributed by atoms with E-state index in [-0.39, 0.29) is 11.3 Å². The standard InChI is InChI=1S/C24H27NO4/c1-24(2,3)16-8-12-18(13-9-16)29-19-14-10-17(11-15-19)25-22(26)20-6-4-5-7-21(20)23(27)28/h4-5,8-15,20-21H,6-7H2,1-3H3,(H,25,26)(H,27,28)/p-1/t20-,21+/m1/s1. The van der Waals surface area contributed by atoms with E-state index in [1.807, 2.05) is 18.2 Å². The number of carbonyl (C=O) groups is 2. The number of hydrogen-bond acceptors (Lipinski definition) is 4. The monoisotopic (exact) mass is 392 g/mol. The first kappa shape index (κ1) is 20.6. The van der Waals surface area contributed by atoms with Crippen molar-refractivity contribution in [3.05, 3.63) is 66.2 Å². The van der Waals surface area contributed by atoms with Gasteiger partial charge in [0.05, 0.1) is 5.92 Å². The molecule has 0 fully saturated rings. The van der Waals surface area contributed by atoms with Gasteiger partial charge in [0.15, 0.2) is 0 Å². The molecule has 5 heteroatoms. The van der Waals surface area contributed by atoms with Crippen molar-refractivity contribution in [2.24, 2.45) is 11.8 Å². The van der Waals surface area contributed by atoms with E-state index >= 15 is 0 Å². The van der Waals surface area contributed by atoms with Gasteiger partial charge < -0.3 is 20.0 Å². The molecule has 1 amide bonds. The van der Waals surface area contributed by atoms with E-state index in [1.54, 1.807) is 30.3 Å². The fourth-order valence-corrected chi connectivity index (χ4v) is 3.36. The molecular weight excluding hydrogens is 366 g/mol. The van der Waals surface area contributed by atoms with E-state index in [0.29, 0.717) is 24.3 Å². The number of benzene rings is 2. The SMILES string of the molecule is CC(C)(C)c1ccc(Oc2ccc(NC(=O)[C@@H]3CC=CC[C@@H]3C(=O)[O-])cc2)cc1. The van der Waals surface area contributed by atoms with Crippen LogP contribution in [0.1, 0.15) is 39.2 Å². The van der Waals surface area contributed by atoms with Gasteiger partial charge in [-0.1, -0.05) is 45.1 Å². The second-order valence-corrected chi connectivity index (χ2v) is 8.36. The zero-order valence-electron chi connectivity index (χ0n) is 17.0. The molecule has 1 aliphatic rings. The summed E-state index contributed by atoms with van der Waals surface area (Å²) in [6.07, 6.45) is 4.34. The molecule has 5 nitrogen and oxygen atoms in total. The van der Waals surface area contributed by atoms with Crippen molar-refractivity contribution in [3.8, 4) is 11.5 Å². The second-order valence-electron chi connectivity index (χ2n) is 8.36. The van der Waals surface area contributed by atoms with Crippen molar-refractivity contribution in [3.63, 3.8) is 0 Å². The number of anilines is 1. The smallest absolute Gasteiger partial charge is 0.228 e. The number of aliphatic carboxylic acids is 1. The fraction of sp³-hybridized carbons (Fsp3) is 0.333. The predicted octanol–water partition coefficient (Wildman–Crippen LogP) is 4.05. The molecule has 2 aromatic carbocycles. The molecule has 0 unspecified atom stereocenters. The van der Waals surface area contributed by atoms with Gasteiger partial charge in [-0.15, -0.1) is 0 Å². The molecule has 0 bridgehead atoms. The Balaban J connectivity index is 1.62. The zero-order chi connectivity index (χ0) is 21.0. The minimum Gasteiger partial charge on any atom is -0.550 e. The fourth-order valence-electron chi connectivity index (χ4n) is 3.36. The first-order valence-electron chi connectivity index (χ1n) is 9.79. The van der Waals surface area contributed by atoms with Gasteiger partial charge in [-0.3, -0.25) is 4.79 Å². The molecule has 0 saturated carbocycles. The average molecular weight is 392 g/mol. The van der Waals surface area contributed by atoms with Gasteiger partial charge >= 0.3 is 0 Å². The van der Waals surface area contributed by atoms with Crippen LogP contribution >= 0.6 is 0 Å². The molecular formula is C24H26NO4-. The molecule has 0 spiro atoms. The summed E-state index contributed by atoms with van der Waals surface area (Å²) in [7, 11) is 0. The van der Waals surface area contributed by atoms with Crippen LogP contribution in [0, 0.1) is 11.8 Å². The van der Waals surface area contributed by atoms with Crippen molar-refractivity contribution in [2.75, 3.05) is 5.32 Å². The number of carbonyl (C=O) groups excluding carboxylic acids is 2. The topological polar surface area (TPSA) is 78.5 Å². The minimum atomic E-state index is -1.18. The summed E-state index contributed by atoms with van der Waals surface area (Å²) in [5, 5.41) is 14.1. The lowest BCUT2D eigenvalue weighted by Crippen LogP contribution is -2.41. The lowest BCUT2D eigenvalue weighted by atomic mass is 9.82. The highest BCUT2D eigenvalue weighted by molar-refractivity contribution is 5.95. The number of hydrogen-bond donors (Lipinski definition) is 1. The second kappa shape index (κ2) is 8.52. The summed E-state index contributed by atoms with van der Waals surface area (Å²) in [5.74, 6) is -1.52. The highest BCUT2D eigenvalue weighted by Crippen LogP contribution is 2.29. The number of nitrogens with one attached hydrogen (secondary N) is 1. The van der Waals surface area contributed by atoms with E-state index in [1.165, 1.54) is 5.56 Å². The number of carboxylic acid groups (broad SMARTS) is 1. The Labute approximate surface area is 171 Å². The van der Waals surface area contributed by atoms with E-state index in [4.69, 9.17) is 4.74 Å². The Morgan fingerprint density at radius 2 is 1.41 bits per heavy atom. The van der Waals surface area contributed by atoms with E-state index in [9.17, 15) is 14.7 Å². The maximum Gasteiger partial charge on any atom is 0.228 e. The molecule has 0 radical (unpaired) electrons. The number of rotatable bonds is 5. The van der Waals surface area contributed by atoms with Crippen LogP contribution in [0.2, 0.25) is 0 Å². The summed E-state index contributed by atoms with van der Waals surface area (Å²) in [6, 6.07) is 15.0. The van der Waals surface area contributed by atoms with Gasteiger partial charge in [-0.2, -0.15) is 0 Å². The van der Waals surface area contributed by atoms with E-state index < -0.39 is 17.8 Å². The molecule has 0 aromatic heterocycles. The van der Waals surface area contributed by atoms with Gasteiger partial charge in [0, 0.05) is 17.6 Å².